The lowest BCUT2D eigenvalue weighted by Gasteiger charge is -2.10. The summed E-state index contributed by atoms with van der Waals surface area (Å²) in [6.07, 6.45) is -0.132. The van der Waals surface area contributed by atoms with Gasteiger partial charge in [0.2, 0.25) is 0 Å². The molecule has 0 radical (unpaired) electrons. The smallest absolute Gasteiger partial charge is 0.262 e. The second-order valence-corrected chi connectivity index (χ2v) is 3.00. The van der Waals surface area contributed by atoms with Crippen LogP contribution in [0.5, 0.6) is 0 Å². The van der Waals surface area contributed by atoms with E-state index in [0.29, 0.717) is 6.61 Å². The minimum Gasteiger partial charge on any atom is -0.358 e. The molecule has 0 saturated carbocycles. The van der Waals surface area contributed by atoms with Crippen molar-refractivity contribution >= 4 is 11.5 Å². The van der Waals surface area contributed by atoms with Gasteiger partial charge in [-0.2, -0.15) is 0 Å². The molecule has 1 aromatic heterocycles. The monoisotopic (exact) mass is 173 g/mol. The fourth-order valence-corrected chi connectivity index (χ4v) is 1.56. The quantitative estimate of drug-likeness (QED) is 0.693. The number of ether oxygens (including phenoxy) is 1. The highest BCUT2D eigenvalue weighted by Gasteiger charge is 2.05. The van der Waals surface area contributed by atoms with Gasteiger partial charge < -0.3 is 4.74 Å². The first-order valence-corrected chi connectivity index (χ1v) is 4.37. The van der Waals surface area contributed by atoms with Crippen LogP contribution >= 0.6 is 11.5 Å². The average molecular weight is 173 g/mol. The number of hydrogen-bond acceptors (Lipinski definition) is 3. The van der Waals surface area contributed by atoms with Crippen LogP contribution in [0.3, 0.4) is 0 Å². The van der Waals surface area contributed by atoms with Gasteiger partial charge in [-0.1, -0.05) is 11.5 Å². The molecule has 0 fully saturated rings. The predicted molar refractivity (Wildman–Crippen MR) is 44.9 cm³/mol. The average Bonchev–Trinajstić information content (AvgIpc) is 2.36. The molecule has 11 heavy (non-hydrogen) atoms. The van der Waals surface area contributed by atoms with Gasteiger partial charge in [-0.05, 0) is 13.8 Å². The molecule has 1 heterocycles. The van der Waals surface area contributed by atoms with Crippen molar-refractivity contribution in [1.29, 1.82) is 0 Å². The van der Waals surface area contributed by atoms with E-state index < -0.39 is 0 Å². The van der Waals surface area contributed by atoms with Crippen molar-refractivity contribution in [2.45, 2.75) is 20.1 Å². The zero-order valence-electron chi connectivity index (χ0n) is 6.61. The highest BCUT2D eigenvalue weighted by molar-refractivity contribution is 7.04. The van der Waals surface area contributed by atoms with Gasteiger partial charge in [-0.25, -0.2) is 3.96 Å². The lowest BCUT2D eigenvalue weighted by molar-refractivity contribution is 0.0304. The summed E-state index contributed by atoms with van der Waals surface area (Å²) in [6.45, 7) is 4.40. The van der Waals surface area contributed by atoms with Gasteiger partial charge in [0, 0.05) is 18.1 Å². The number of hydrogen-bond donors (Lipinski definition) is 0. The van der Waals surface area contributed by atoms with E-state index in [-0.39, 0.29) is 11.8 Å². The SMILES string of the molecule is CCOC(C)n1sccc1=O. The van der Waals surface area contributed by atoms with Crippen LogP contribution in [0.15, 0.2) is 16.2 Å². The van der Waals surface area contributed by atoms with E-state index in [2.05, 4.69) is 0 Å². The summed E-state index contributed by atoms with van der Waals surface area (Å²) < 4.78 is 6.84. The van der Waals surface area contributed by atoms with E-state index in [9.17, 15) is 4.79 Å². The van der Waals surface area contributed by atoms with Crippen LogP contribution in [0.1, 0.15) is 20.1 Å². The molecule has 1 atom stereocenters. The van der Waals surface area contributed by atoms with Crippen LogP contribution in [0.4, 0.5) is 0 Å². The van der Waals surface area contributed by atoms with E-state index >= 15 is 0 Å². The van der Waals surface area contributed by atoms with Crippen molar-refractivity contribution in [2.75, 3.05) is 6.61 Å². The fourth-order valence-electron chi connectivity index (χ4n) is 0.853. The third-order valence-corrected chi connectivity index (χ3v) is 2.30. The summed E-state index contributed by atoms with van der Waals surface area (Å²) in [5.41, 5.74) is 0.0101. The maximum atomic E-state index is 11.0. The summed E-state index contributed by atoms with van der Waals surface area (Å²) in [4.78, 5) is 11.0. The highest BCUT2D eigenvalue weighted by Crippen LogP contribution is 2.07. The molecule has 0 amide bonds. The lowest BCUT2D eigenvalue weighted by Crippen LogP contribution is -2.18. The fraction of sp³-hybridized carbons (Fsp3) is 0.571. The summed E-state index contributed by atoms with van der Waals surface area (Å²) in [5, 5.41) is 1.76. The Hall–Kier alpha value is -0.610. The van der Waals surface area contributed by atoms with Crippen molar-refractivity contribution < 1.29 is 4.74 Å². The molecule has 0 bridgehead atoms. The van der Waals surface area contributed by atoms with E-state index in [1.54, 1.807) is 15.4 Å². The van der Waals surface area contributed by atoms with Crippen LogP contribution in [-0.2, 0) is 4.74 Å². The summed E-state index contributed by atoms with van der Waals surface area (Å²) in [6, 6.07) is 1.54. The molecule has 62 valence electrons. The number of rotatable bonds is 3. The highest BCUT2D eigenvalue weighted by atomic mass is 32.1. The van der Waals surface area contributed by atoms with Crippen LogP contribution in [-0.4, -0.2) is 10.6 Å². The molecule has 4 heteroatoms. The van der Waals surface area contributed by atoms with Crippen molar-refractivity contribution in [3.8, 4) is 0 Å². The molecule has 0 aromatic carbocycles. The summed E-state index contributed by atoms with van der Waals surface area (Å²) in [7, 11) is 0. The minimum atomic E-state index is -0.132. The standard InChI is InChI=1S/C7H11NO2S/c1-3-10-6(2)8-7(9)4-5-11-8/h4-6H,3H2,1-2H3. The molecule has 1 unspecified atom stereocenters. The Morgan fingerprint density at radius 2 is 2.55 bits per heavy atom. The van der Waals surface area contributed by atoms with E-state index in [0.717, 1.165) is 0 Å². The third kappa shape index (κ3) is 1.91. The molecule has 1 rings (SSSR count). The molecule has 3 nitrogen and oxygen atoms in total. The topological polar surface area (TPSA) is 31.2 Å². The minimum absolute atomic E-state index is 0.0101. The van der Waals surface area contributed by atoms with Gasteiger partial charge >= 0.3 is 0 Å². The Kier molecular flexibility index (Phi) is 2.84. The largest absolute Gasteiger partial charge is 0.358 e. The van der Waals surface area contributed by atoms with Crippen molar-refractivity contribution in [1.82, 2.24) is 3.96 Å². The van der Waals surface area contributed by atoms with Crippen LogP contribution in [0.25, 0.3) is 0 Å². The van der Waals surface area contributed by atoms with Gasteiger partial charge in [-0.3, -0.25) is 4.79 Å². The second-order valence-electron chi connectivity index (χ2n) is 2.13. The third-order valence-electron chi connectivity index (χ3n) is 1.34. The molecule has 0 saturated heterocycles. The van der Waals surface area contributed by atoms with Gasteiger partial charge in [0.25, 0.3) is 5.56 Å². The second kappa shape index (κ2) is 3.69. The first-order chi connectivity index (χ1) is 5.25. The molecule has 0 aliphatic rings. The first kappa shape index (κ1) is 8.49. The van der Waals surface area contributed by atoms with E-state index in [1.807, 2.05) is 13.8 Å². The first-order valence-electron chi connectivity index (χ1n) is 3.54. The van der Waals surface area contributed by atoms with Crippen LogP contribution < -0.4 is 5.56 Å². The normalized spacial score (nSPS) is 13.3. The molecule has 0 spiro atoms. The van der Waals surface area contributed by atoms with Crippen LogP contribution in [0.2, 0.25) is 0 Å². The Labute approximate surface area is 69.4 Å². The van der Waals surface area contributed by atoms with Crippen molar-refractivity contribution in [3.63, 3.8) is 0 Å². The van der Waals surface area contributed by atoms with Gasteiger partial charge in [0.05, 0.1) is 0 Å². The number of aromatic nitrogens is 1. The maximum absolute atomic E-state index is 11.0. The van der Waals surface area contributed by atoms with E-state index in [1.165, 1.54) is 11.5 Å². The summed E-state index contributed by atoms with van der Waals surface area (Å²) in [5.74, 6) is 0. The molecule has 0 aliphatic carbocycles. The van der Waals surface area contributed by atoms with Gasteiger partial charge in [-0.15, -0.1) is 0 Å². The molecular weight excluding hydrogens is 162 g/mol. The van der Waals surface area contributed by atoms with Gasteiger partial charge in [0.15, 0.2) is 0 Å². The number of nitrogens with zero attached hydrogens (tertiary/aromatic N) is 1. The molecule has 1 aromatic rings. The zero-order valence-corrected chi connectivity index (χ0v) is 7.43. The van der Waals surface area contributed by atoms with Crippen molar-refractivity contribution in [3.05, 3.63) is 21.8 Å². The Morgan fingerprint density at radius 3 is 3.00 bits per heavy atom. The molecule has 0 N–H and O–H groups in total. The Bertz CT molecular complexity index is 265. The Morgan fingerprint density at radius 1 is 1.82 bits per heavy atom. The maximum Gasteiger partial charge on any atom is 0.262 e. The molecular formula is C7H11NO2S. The van der Waals surface area contributed by atoms with Crippen molar-refractivity contribution in [2.24, 2.45) is 0 Å². The predicted octanol–water partition coefficient (Wildman–Crippen LogP) is 1.46. The molecule has 0 aliphatic heterocycles. The van der Waals surface area contributed by atoms with Gasteiger partial charge in [0.1, 0.15) is 6.23 Å². The van der Waals surface area contributed by atoms with Crippen LogP contribution in [0, 0.1) is 0 Å². The van der Waals surface area contributed by atoms with E-state index in [4.69, 9.17) is 4.74 Å². The Balaban J connectivity index is 2.75. The zero-order chi connectivity index (χ0) is 8.27. The lowest BCUT2D eigenvalue weighted by atomic mass is 10.6. The summed E-state index contributed by atoms with van der Waals surface area (Å²) >= 11 is 1.38.